The SMILES string of the molecule is C[C@H]1CC[C@@]2(CCCC3(C2)OCCO3)C1. The first-order chi connectivity index (χ1) is 7.22. The third-order valence-electron chi connectivity index (χ3n) is 4.67. The maximum Gasteiger partial charge on any atom is 0.169 e. The monoisotopic (exact) mass is 210 g/mol. The molecule has 2 aliphatic carbocycles. The Balaban J connectivity index is 1.76. The average molecular weight is 210 g/mol. The highest BCUT2D eigenvalue weighted by Crippen LogP contribution is 2.55. The van der Waals surface area contributed by atoms with Crippen LogP contribution in [0.5, 0.6) is 0 Å². The zero-order valence-electron chi connectivity index (χ0n) is 9.76. The Morgan fingerprint density at radius 3 is 2.53 bits per heavy atom. The van der Waals surface area contributed by atoms with E-state index in [0.717, 1.165) is 25.6 Å². The van der Waals surface area contributed by atoms with Gasteiger partial charge >= 0.3 is 0 Å². The molecule has 0 radical (unpaired) electrons. The fraction of sp³-hybridized carbons (Fsp3) is 1.00. The summed E-state index contributed by atoms with van der Waals surface area (Å²) in [4.78, 5) is 0. The molecule has 0 bridgehead atoms. The topological polar surface area (TPSA) is 18.5 Å². The summed E-state index contributed by atoms with van der Waals surface area (Å²) >= 11 is 0. The molecule has 3 rings (SSSR count). The van der Waals surface area contributed by atoms with Gasteiger partial charge in [-0.3, -0.25) is 0 Å². The van der Waals surface area contributed by atoms with Gasteiger partial charge in [0.25, 0.3) is 0 Å². The van der Waals surface area contributed by atoms with Crippen LogP contribution in [0.1, 0.15) is 51.9 Å². The van der Waals surface area contributed by atoms with Crippen LogP contribution in [0, 0.1) is 11.3 Å². The van der Waals surface area contributed by atoms with Crippen molar-refractivity contribution in [3.63, 3.8) is 0 Å². The van der Waals surface area contributed by atoms with Gasteiger partial charge in [-0.15, -0.1) is 0 Å². The first kappa shape index (κ1) is 10.1. The van der Waals surface area contributed by atoms with Crippen LogP contribution in [0.15, 0.2) is 0 Å². The van der Waals surface area contributed by atoms with E-state index in [1.807, 2.05) is 0 Å². The Labute approximate surface area is 92.3 Å². The van der Waals surface area contributed by atoms with Crippen LogP contribution in [0.3, 0.4) is 0 Å². The summed E-state index contributed by atoms with van der Waals surface area (Å²) in [5.41, 5.74) is 0.571. The van der Waals surface area contributed by atoms with Gasteiger partial charge in [-0.2, -0.15) is 0 Å². The van der Waals surface area contributed by atoms with E-state index in [-0.39, 0.29) is 5.79 Å². The van der Waals surface area contributed by atoms with Gasteiger partial charge in [0.2, 0.25) is 0 Å². The van der Waals surface area contributed by atoms with E-state index in [0.29, 0.717) is 5.41 Å². The second kappa shape index (κ2) is 3.46. The van der Waals surface area contributed by atoms with Crippen LogP contribution in [0.2, 0.25) is 0 Å². The Bertz CT molecular complexity index is 241. The minimum Gasteiger partial charge on any atom is -0.348 e. The summed E-state index contributed by atoms with van der Waals surface area (Å²) in [6.45, 7) is 4.02. The maximum absolute atomic E-state index is 5.88. The van der Waals surface area contributed by atoms with Gasteiger partial charge in [0.1, 0.15) is 0 Å². The predicted octanol–water partition coefficient (Wildman–Crippen LogP) is 3.11. The molecule has 86 valence electrons. The number of rotatable bonds is 0. The molecule has 3 aliphatic rings. The van der Waals surface area contributed by atoms with Crippen molar-refractivity contribution in [3.8, 4) is 0 Å². The lowest BCUT2D eigenvalue weighted by atomic mass is 9.70. The summed E-state index contributed by atoms with van der Waals surface area (Å²) in [6.07, 6.45) is 9.23. The number of hydrogen-bond donors (Lipinski definition) is 0. The van der Waals surface area contributed by atoms with Crippen molar-refractivity contribution >= 4 is 0 Å². The summed E-state index contributed by atoms with van der Waals surface area (Å²) in [5, 5.41) is 0. The number of ether oxygens (including phenoxy) is 2. The fourth-order valence-corrected chi connectivity index (χ4v) is 4.11. The number of hydrogen-bond acceptors (Lipinski definition) is 2. The minimum absolute atomic E-state index is 0.164. The zero-order chi connectivity index (χ0) is 10.4. The molecular formula is C13H22O2. The third-order valence-corrected chi connectivity index (χ3v) is 4.67. The summed E-state index contributed by atoms with van der Waals surface area (Å²) in [5.74, 6) is 0.754. The molecule has 15 heavy (non-hydrogen) atoms. The molecular weight excluding hydrogens is 188 g/mol. The summed E-state index contributed by atoms with van der Waals surface area (Å²) in [6, 6.07) is 0. The predicted molar refractivity (Wildman–Crippen MR) is 58.6 cm³/mol. The molecule has 3 fully saturated rings. The lowest BCUT2D eigenvalue weighted by Crippen LogP contribution is -2.41. The Morgan fingerprint density at radius 2 is 1.87 bits per heavy atom. The van der Waals surface area contributed by atoms with E-state index < -0.39 is 0 Å². The van der Waals surface area contributed by atoms with Crippen molar-refractivity contribution < 1.29 is 9.47 Å². The van der Waals surface area contributed by atoms with Crippen molar-refractivity contribution in [2.45, 2.75) is 57.7 Å². The normalized spacial score (nSPS) is 44.2. The van der Waals surface area contributed by atoms with Crippen molar-refractivity contribution in [3.05, 3.63) is 0 Å². The second-order valence-corrected chi connectivity index (χ2v) is 5.99. The Hall–Kier alpha value is -0.0800. The molecule has 2 heteroatoms. The average Bonchev–Trinajstić information content (AvgIpc) is 2.76. The van der Waals surface area contributed by atoms with Gasteiger partial charge in [0.05, 0.1) is 13.2 Å². The van der Waals surface area contributed by atoms with Crippen LogP contribution in [-0.4, -0.2) is 19.0 Å². The highest BCUT2D eigenvalue weighted by Gasteiger charge is 2.50. The second-order valence-electron chi connectivity index (χ2n) is 5.99. The molecule has 2 spiro atoms. The van der Waals surface area contributed by atoms with Crippen molar-refractivity contribution in [2.24, 2.45) is 11.3 Å². The molecule has 1 saturated heterocycles. The van der Waals surface area contributed by atoms with Gasteiger partial charge in [-0.1, -0.05) is 13.3 Å². The van der Waals surface area contributed by atoms with Gasteiger partial charge in [0, 0.05) is 12.8 Å². The lowest BCUT2D eigenvalue weighted by molar-refractivity contribution is -0.201. The van der Waals surface area contributed by atoms with E-state index in [2.05, 4.69) is 6.92 Å². The van der Waals surface area contributed by atoms with Crippen LogP contribution >= 0.6 is 0 Å². The minimum atomic E-state index is -0.164. The highest BCUT2D eigenvalue weighted by molar-refractivity contribution is 4.96. The summed E-state index contributed by atoms with van der Waals surface area (Å²) in [7, 11) is 0. The molecule has 2 atom stereocenters. The summed E-state index contributed by atoms with van der Waals surface area (Å²) < 4.78 is 11.8. The van der Waals surface area contributed by atoms with Gasteiger partial charge in [0.15, 0.2) is 5.79 Å². The van der Waals surface area contributed by atoms with Crippen molar-refractivity contribution in [1.29, 1.82) is 0 Å². The molecule has 2 saturated carbocycles. The van der Waals surface area contributed by atoms with Crippen LogP contribution in [-0.2, 0) is 9.47 Å². The molecule has 0 aromatic carbocycles. The largest absolute Gasteiger partial charge is 0.348 e. The molecule has 0 aromatic heterocycles. The molecule has 0 unspecified atom stereocenters. The zero-order valence-corrected chi connectivity index (χ0v) is 9.76. The van der Waals surface area contributed by atoms with E-state index in [1.165, 1.54) is 38.5 Å². The lowest BCUT2D eigenvalue weighted by Gasteiger charge is -2.43. The molecule has 1 aliphatic heterocycles. The molecule has 0 N–H and O–H groups in total. The van der Waals surface area contributed by atoms with Gasteiger partial charge < -0.3 is 9.47 Å². The van der Waals surface area contributed by atoms with E-state index in [1.54, 1.807) is 0 Å². The highest BCUT2D eigenvalue weighted by atomic mass is 16.7. The first-order valence-corrected chi connectivity index (χ1v) is 6.50. The standard InChI is InChI=1S/C13H22O2/c1-11-3-6-12(9-11)4-2-5-13(10-12)14-7-8-15-13/h11H,2-10H2,1H3/t11-,12-/m0/s1. The molecule has 1 heterocycles. The van der Waals surface area contributed by atoms with E-state index >= 15 is 0 Å². The Morgan fingerprint density at radius 1 is 1.07 bits per heavy atom. The van der Waals surface area contributed by atoms with Crippen LogP contribution in [0.4, 0.5) is 0 Å². The maximum atomic E-state index is 5.88. The fourth-order valence-electron chi connectivity index (χ4n) is 4.11. The Kier molecular flexibility index (Phi) is 2.33. The van der Waals surface area contributed by atoms with Crippen LogP contribution in [0.25, 0.3) is 0 Å². The van der Waals surface area contributed by atoms with Crippen molar-refractivity contribution in [1.82, 2.24) is 0 Å². The van der Waals surface area contributed by atoms with E-state index in [4.69, 9.17) is 9.47 Å². The molecule has 0 amide bonds. The quantitative estimate of drug-likeness (QED) is 0.611. The first-order valence-electron chi connectivity index (χ1n) is 6.50. The third kappa shape index (κ3) is 1.72. The van der Waals surface area contributed by atoms with E-state index in [9.17, 15) is 0 Å². The molecule has 2 nitrogen and oxygen atoms in total. The van der Waals surface area contributed by atoms with Crippen molar-refractivity contribution in [2.75, 3.05) is 13.2 Å². The smallest absolute Gasteiger partial charge is 0.169 e. The van der Waals surface area contributed by atoms with Gasteiger partial charge in [-0.25, -0.2) is 0 Å². The molecule has 0 aromatic rings. The van der Waals surface area contributed by atoms with Gasteiger partial charge in [-0.05, 0) is 37.0 Å². The van der Waals surface area contributed by atoms with Crippen LogP contribution < -0.4 is 0 Å².